The number of amides is 3. The fourth-order valence-electron chi connectivity index (χ4n) is 4.23. The second-order valence-electron chi connectivity index (χ2n) is 9.27. The second-order valence-corrected chi connectivity index (χ2v) is 9.27. The van der Waals surface area contributed by atoms with Gasteiger partial charge in [-0.2, -0.15) is 0 Å². The van der Waals surface area contributed by atoms with Crippen molar-refractivity contribution in [2.45, 2.75) is 39.7 Å². The van der Waals surface area contributed by atoms with Crippen molar-refractivity contribution in [2.24, 2.45) is 11.8 Å². The Morgan fingerprint density at radius 2 is 1.76 bits per heavy atom. The highest BCUT2D eigenvalue weighted by Gasteiger charge is 2.34. The number of hydrogen-bond acceptors (Lipinski definition) is 4. The van der Waals surface area contributed by atoms with Gasteiger partial charge < -0.3 is 20.3 Å². The van der Waals surface area contributed by atoms with Gasteiger partial charge in [-0.05, 0) is 61.4 Å². The van der Waals surface area contributed by atoms with Gasteiger partial charge in [-0.15, -0.1) is 0 Å². The third-order valence-electron chi connectivity index (χ3n) is 6.26. The van der Waals surface area contributed by atoms with Crippen LogP contribution >= 0.6 is 0 Å². The number of carbonyl (C=O) groups excluding carboxylic acids is 3. The van der Waals surface area contributed by atoms with Crippen molar-refractivity contribution in [1.29, 1.82) is 0 Å². The molecule has 3 rings (SSSR count). The van der Waals surface area contributed by atoms with Crippen molar-refractivity contribution in [3.05, 3.63) is 65.2 Å². The molecule has 0 saturated carbocycles. The molecule has 2 aromatic rings. The molecule has 2 aromatic carbocycles. The first-order valence-electron chi connectivity index (χ1n) is 11.9. The topological polar surface area (TPSA) is 87.7 Å². The zero-order valence-corrected chi connectivity index (χ0v) is 20.5. The molecule has 1 aliphatic heterocycles. The van der Waals surface area contributed by atoms with Crippen LogP contribution in [0.25, 0.3) is 0 Å². The van der Waals surface area contributed by atoms with Crippen molar-refractivity contribution >= 4 is 17.7 Å². The number of benzene rings is 2. The molecule has 0 bridgehead atoms. The van der Waals surface area contributed by atoms with Gasteiger partial charge in [-0.25, -0.2) is 0 Å². The number of likely N-dealkylation sites (tertiary alicyclic amines) is 1. The van der Waals surface area contributed by atoms with Gasteiger partial charge in [0.05, 0.1) is 7.11 Å². The molecular formula is C27H35N3O4. The van der Waals surface area contributed by atoms with Crippen molar-refractivity contribution in [2.75, 3.05) is 26.7 Å². The maximum atomic E-state index is 13.1. The van der Waals surface area contributed by atoms with Gasteiger partial charge in [-0.1, -0.05) is 38.1 Å². The standard InChI is InChI=1S/C27H35N3O4/c1-18(2)17-28-26(32)24(29-25(31)23-11-6-5-8-19(23)3)20-12-14-30(15-13-20)27(33)21-9-7-10-22(16-21)34-4/h5-11,16,18,20,24H,12-15,17H2,1-4H3,(H,28,32)(H,29,31)/t24-/m0/s1. The summed E-state index contributed by atoms with van der Waals surface area (Å²) in [5.74, 6) is 0.406. The number of piperidine rings is 1. The largest absolute Gasteiger partial charge is 0.497 e. The molecule has 0 unspecified atom stereocenters. The zero-order chi connectivity index (χ0) is 24.7. The summed E-state index contributed by atoms with van der Waals surface area (Å²) in [7, 11) is 1.57. The van der Waals surface area contributed by atoms with Gasteiger partial charge in [0.15, 0.2) is 0 Å². The van der Waals surface area contributed by atoms with E-state index >= 15 is 0 Å². The second kappa shape index (κ2) is 11.7. The summed E-state index contributed by atoms with van der Waals surface area (Å²) in [6.07, 6.45) is 1.26. The quantitative estimate of drug-likeness (QED) is 0.625. The highest BCUT2D eigenvalue weighted by molar-refractivity contribution is 5.98. The van der Waals surface area contributed by atoms with Crippen LogP contribution in [0.1, 0.15) is 53.0 Å². The van der Waals surface area contributed by atoms with Crippen molar-refractivity contribution in [1.82, 2.24) is 15.5 Å². The van der Waals surface area contributed by atoms with E-state index in [1.54, 1.807) is 42.3 Å². The van der Waals surface area contributed by atoms with Crippen LogP contribution in [0, 0.1) is 18.8 Å². The van der Waals surface area contributed by atoms with E-state index in [4.69, 9.17) is 4.74 Å². The lowest BCUT2D eigenvalue weighted by molar-refractivity contribution is -0.124. The third kappa shape index (κ3) is 6.37. The minimum absolute atomic E-state index is 0.0536. The molecule has 182 valence electrons. The number of methoxy groups -OCH3 is 1. The van der Waals surface area contributed by atoms with Gasteiger partial charge in [0.1, 0.15) is 11.8 Å². The first-order chi connectivity index (χ1) is 16.3. The van der Waals surface area contributed by atoms with Crippen molar-refractivity contribution in [3.63, 3.8) is 0 Å². The molecule has 0 radical (unpaired) electrons. The monoisotopic (exact) mass is 465 g/mol. The van der Waals surface area contributed by atoms with Crippen LogP contribution in [0.5, 0.6) is 5.75 Å². The number of rotatable bonds is 8. The summed E-state index contributed by atoms with van der Waals surface area (Å²) in [5.41, 5.74) is 2.01. The van der Waals surface area contributed by atoms with Crippen LogP contribution in [0.2, 0.25) is 0 Å². The van der Waals surface area contributed by atoms with Crippen LogP contribution in [0.3, 0.4) is 0 Å². The van der Waals surface area contributed by atoms with E-state index in [2.05, 4.69) is 10.6 Å². The summed E-state index contributed by atoms with van der Waals surface area (Å²) in [6.45, 7) is 7.53. The predicted molar refractivity (Wildman–Crippen MR) is 132 cm³/mol. The Hall–Kier alpha value is -3.35. The molecule has 0 aromatic heterocycles. The Morgan fingerprint density at radius 3 is 2.41 bits per heavy atom. The minimum Gasteiger partial charge on any atom is -0.497 e. The van der Waals surface area contributed by atoms with Crippen LogP contribution < -0.4 is 15.4 Å². The molecule has 1 saturated heterocycles. The summed E-state index contributed by atoms with van der Waals surface area (Å²) in [6, 6.07) is 13.8. The number of hydrogen-bond donors (Lipinski definition) is 2. The van der Waals surface area contributed by atoms with E-state index in [0.717, 1.165) is 5.56 Å². The van der Waals surface area contributed by atoms with Crippen LogP contribution in [-0.2, 0) is 4.79 Å². The van der Waals surface area contributed by atoms with Gasteiger partial charge in [-0.3, -0.25) is 14.4 Å². The molecule has 7 nitrogen and oxygen atoms in total. The SMILES string of the molecule is COc1cccc(C(=O)N2CCC([C@H](NC(=O)c3ccccc3C)C(=O)NCC(C)C)CC2)c1. The van der Waals surface area contributed by atoms with Gasteiger partial charge in [0, 0.05) is 30.8 Å². The van der Waals surface area contributed by atoms with E-state index < -0.39 is 6.04 Å². The Bertz CT molecular complexity index is 1010. The normalized spacial score (nSPS) is 15.0. The lowest BCUT2D eigenvalue weighted by Gasteiger charge is -2.36. The van der Waals surface area contributed by atoms with Crippen molar-refractivity contribution in [3.8, 4) is 5.75 Å². The average Bonchev–Trinajstić information content (AvgIpc) is 2.85. The van der Waals surface area contributed by atoms with E-state index in [1.807, 2.05) is 39.0 Å². The summed E-state index contributed by atoms with van der Waals surface area (Å²) < 4.78 is 5.23. The maximum Gasteiger partial charge on any atom is 0.253 e. The molecule has 34 heavy (non-hydrogen) atoms. The van der Waals surface area contributed by atoms with Gasteiger partial charge in [0.2, 0.25) is 5.91 Å². The van der Waals surface area contributed by atoms with E-state index in [0.29, 0.717) is 55.3 Å². The molecule has 0 spiro atoms. The molecule has 7 heteroatoms. The molecule has 2 N–H and O–H groups in total. The molecule has 0 aliphatic carbocycles. The van der Waals surface area contributed by atoms with Crippen LogP contribution in [-0.4, -0.2) is 55.4 Å². The Labute approximate surface area is 201 Å². The predicted octanol–water partition coefficient (Wildman–Crippen LogP) is 3.43. The lowest BCUT2D eigenvalue weighted by atomic mass is 9.88. The molecule has 1 fully saturated rings. The number of aryl methyl sites for hydroxylation is 1. The van der Waals surface area contributed by atoms with Gasteiger partial charge >= 0.3 is 0 Å². The van der Waals surface area contributed by atoms with Crippen molar-refractivity contribution < 1.29 is 19.1 Å². The Kier molecular flexibility index (Phi) is 8.68. The summed E-state index contributed by atoms with van der Waals surface area (Å²) >= 11 is 0. The zero-order valence-electron chi connectivity index (χ0n) is 20.5. The minimum atomic E-state index is -0.653. The average molecular weight is 466 g/mol. The molecule has 1 aliphatic rings. The first kappa shape index (κ1) is 25.3. The Morgan fingerprint density at radius 1 is 1.06 bits per heavy atom. The molecule has 3 amide bonds. The van der Waals surface area contributed by atoms with E-state index in [9.17, 15) is 14.4 Å². The Balaban J connectivity index is 1.70. The summed E-state index contributed by atoms with van der Waals surface area (Å²) in [5, 5.41) is 5.96. The van der Waals surface area contributed by atoms with E-state index in [1.165, 1.54) is 0 Å². The number of ether oxygens (including phenoxy) is 1. The van der Waals surface area contributed by atoms with Crippen LogP contribution in [0.15, 0.2) is 48.5 Å². The molecule has 1 atom stereocenters. The van der Waals surface area contributed by atoms with Gasteiger partial charge in [0.25, 0.3) is 11.8 Å². The first-order valence-corrected chi connectivity index (χ1v) is 11.9. The number of nitrogens with zero attached hydrogens (tertiary/aromatic N) is 1. The van der Waals surface area contributed by atoms with E-state index in [-0.39, 0.29) is 23.6 Å². The number of carbonyl (C=O) groups is 3. The molecular weight excluding hydrogens is 430 g/mol. The fourth-order valence-corrected chi connectivity index (χ4v) is 4.23. The highest BCUT2D eigenvalue weighted by atomic mass is 16.5. The lowest BCUT2D eigenvalue weighted by Crippen LogP contribution is -2.54. The third-order valence-corrected chi connectivity index (χ3v) is 6.26. The maximum absolute atomic E-state index is 13.1. The fraction of sp³-hybridized carbons (Fsp3) is 0.444. The highest BCUT2D eigenvalue weighted by Crippen LogP contribution is 2.24. The number of nitrogens with one attached hydrogen (secondary N) is 2. The molecule has 1 heterocycles. The smallest absolute Gasteiger partial charge is 0.253 e. The summed E-state index contributed by atoms with van der Waals surface area (Å²) in [4.78, 5) is 40.9. The van der Waals surface area contributed by atoms with Crippen LogP contribution in [0.4, 0.5) is 0 Å².